The van der Waals surface area contributed by atoms with Gasteiger partial charge < -0.3 is 9.84 Å². The molecule has 0 aliphatic heterocycles. The van der Waals surface area contributed by atoms with E-state index in [9.17, 15) is 0 Å². The van der Waals surface area contributed by atoms with Gasteiger partial charge in [0, 0.05) is 18.9 Å². The lowest BCUT2D eigenvalue weighted by atomic mass is 9.84. The molecule has 4 nitrogen and oxygen atoms in total. The highest BCUT2D eigenvalue weighted by atomic mass is 16.5. The molecule has 0 amide bonds. The van der Waals surface area contributed by atoms with Gasteiger partial charge in [0.15, 0.2) is 5.82 Å². The maximum absolute atomic E-state index is 5.37. The highest BCUT2D eigenvalue weighted by molar-refractivity contribution is 4.93. The zero-order valence-corrected chi connectivity index (χ0v) is 13.3. The van der Waals surface area contributed by atoms with E-state index in [-0.39, 0.29) is 5.41 Å². The number of hydrogen-bond acceptors (Lipinski definition) is 4. The Morgan fingerprint density at radius 2 is 1.89 bits per heavy atom. The van der Waals surface area contributed by atoms with Crippen LogP contribution in [0.25, 0.3) is 0 Å². The summed E-state index contributed by atoms with van der Waals surface area (Å²) in [5, 5.41) is 7.64. The first-order valence-corrected chi connectivity index (χ1v) is 7.37. The van der Waals surface area contributed by atoms with Gasteiger partial charge in [-0.15, -0.1) is 0 Å². The lowest BCUT2D eigenvalue weighted by Crippen LogP contribution is -2.42. The summed E-state index contributed by atoms with van der Waals surface area (Å²) in [5.74, 6) is 2.13. The molecule has 19 heavy (non-hydrogen) atoms. The van der Waals surface area contributed by atoms with Crippen molar-refractivity contribution in [2.75, 3.05) is 6.54 Å². The highest BCUT2D eigenvalue weighted by Gasteiger charge is 2.26. The third-order valence-corrected chi connectivity index (χ3v) is 3.17. The van der Waals surface area contributed by atoms with E-state index in [0.717, 1.165) is 37.5 Å². The predicted molar refractivity (Wildman–Crippen MR) is 78.1 cm³/mol. The molecular weight excluding hydrogens is 238 g/mol. The fraction of sp³-hybridized carbons (Fsp3) is 0.867. The van der Waals surface area contributed by atoms with Crippen LogP contribution in [-0.2, 0) is 12.8 Å². The van der Waals surface area contributed by atoms with Crippen LogP contribution in [-0.4, -0.2) is 22.7 Å². The standard InChI is InChI=1S/C15H29N3O/c1-7-8-16-12(15(4,5)6)10-14-17-13(18-19-14)9-11(2)3/h11-12,16H,7-10H2,1-6H3. The van der Waals surface area contributed by atoms with Crippen LogP contribution in [0.5, 0.6) is 0 Å². The molecule has 110 valence electrons. The quantitative estimate of drug-likeness (QED) is 0.824. The van der Waals surface area contributed by atoms with Crippen LogP contribution in [0.3, 0.4) is 0 Å². The molecule has 0 radical (unpaired) electrons. The number of rotatable bonds is 7. The lowest BCUT2D eigenvalue weighted by Gasteiger charge is -2.30. The lowest BCUT2D eigenvalue weighted by molar-refractivity contribution is 0.244. The molecule has 0 fully saturated rings. The van der Waals surface area contributed by atoms with Crippen molar-refractivity contribution in [3.63, 3.8) is 0 Å². The van der Waals surface area contributed by atoms with Crippen molar-refractivity contribution in [3.8, 4) is 0 Å². The normalized spacial score (nSPS) is 14.1. The monoisotopic (exact) mass is 267 g/mol. The number of hydrogen-bond donors (Lipinski definition) is 1. The molecule has 0 spiro atoms. The Kier molecular flexibility index (Phi) is 5.98. The van der Waals surface area contributed by atoms with Gasteiger partial charge in [-0.05, 0) is 24.3 Å². The molecule has 0 saturated heterocycles. The van der Waals surface area contributed by atoms with Crippen LogP contribution in [0, 0.1) is 11.3 Å². The van der Waals surface area contributed by atoms with Gasteiger partial charge in [0.1, 0.15) is 0 Å². The molecule has 0 saturated carbocycles. The van der Waals surface area contributed by atoms with Crippen molar-refractivity contribution >= 4 is 0 Å². The maximum atomic E-state index is 5.37. The Balaban J connectivity index is 2.65. The average Bonchev–Trinajstić information content (AvgIpc) is 2.69. The van der Waals surface area contributed by atoms with Gasteiger partial charge in [0.05, 0.1) is 0 Å². The van der Waals surface area contributed by atoms with Crippen molar-refractivity contribution in [1.29, 1.82) is 0 Å². The Bertz CT molecular complexity index is 366. The van der Waals surface area contributed by atoms with E-state index in [0.29, 0.717) is 12.0 Å². The summed E-state index contributed by atoms with van der Waals surface area (Å²) in [5.41, 5.74) is 0.182. The molecule has 1 atom stereocenters. The van der Waals surface area contributed by atoms with Crippen molar-refractivity contribution in [2.24, 2.45) is 11.3 Å². The summed E-state index contributed by atoms with van der Waals surface area (Å²) in [4.78, 5) is 4.49. The van der Waals surface area contributed by atoms with Crippen molar-refractivity contribution in [1.82, 2.24) is 15.5 Å². The van der Waals surface area contributed by atoms with E-state index in [1.54, 1.807) is 0 Å². The van der Waals surface area contributed by atoms with E-state index in [1.807, 2.05) is 0 Å². The van der Waals surface area contributed by atoms with Gasteiger partial charge in [0.2, 0.25) is 5.89 Å². The first-order chi connectivity index (χ1) is 8.82. The van der Waals surface area contributed by atoms with E-state index in [1.165, 1.54) is 0 Å². The van der Waals surface area contributed by atoms with Crippen LogP contribution in [0.2, 0.25) is 0 Å². The van der Waals surface area contributed by atoms with E-state index < -0.39 is 0 Å². The molecule has 1 aromatic heterocycles. The molecule has 0 aliphatic carbocycles. The van der Waals surface area contributed by atoms with Crippen LogP contribution in [0.4, 0.5) is 0 Å². The molecule has 1 heterocycles. The first-order valence-electron chi connectivity index (χ1n) is 7.37. The van der Waals surface area contributed by atoms with Gasteiger partial charge in [0.25, 0.3) is 0 Å². The largest absolute Gasteiger partial charge is 0.339 e. The van der Waals surface area contributed by atoms with Crippen LogP contribution >= 0.6 is 0 Å². The minimum atomic E-state index is 0.182. The zero-order valence-electron chi connectivity index (χ0n) is 13.3. The minimum absolute atomic E-state index is 0.182. The van der Waals surface area contributed by atoms with Crippen molar-refractivity contribution in [3.05, 3.63) is 11.7 Å². The van der Waals surface area contributed by atoms with E-state index in [2.05, 4.69) is 57.0 Å². The molecule has 0 bridgehead atoms. The fourth-order valence-electron chi connectivity index (χ4n) is 2.00. The molecule has 1 N–H and O–H groups in total. The number of aromatic nitrogens is 2. The zero-order chi connectivity index (χ0) is 14.5. The topological polar surface area (TPSA) is 51.0 Å². The molecule has 1 unspecified atom stereocenters. The van der Waals surface area contributed by atoms with Gasteiger partial charge in [-0.1, -0.05) is 46.7 Å². The SMILES string of the molecule is CCCNC(Cc1nc(CC(C)C)no1)C(C)(C)C. The smallest absolute Gasteiger partial charge is 0.228 e. The second kappa shape index (κ2) is 7.04. The van der Waals surface area contributed by atoms with Crippen LogP contribution < -0.4 is 5.32 Å². The summed E-state index contributed by atoms with van der Waals surface area (Å²) in [6.45, 7) is 14.3. The first kappa shape index (κ1) is 16.2. The average molecular weight is 267 g/mol. The number of nitrogens with one attached hydrogen (secondary N) is 1. The summed E-state index contributed by atoms with van der Waals surface area (Å²) >= 11 is 0. The number of nitrogens with zero attached hydrogens (tertiary/aromatic N) is 2. The minimum Gasteiger partial charge on any atom is -0.339 e. The Labute approximate surface area is 117 Å². The van der Waals surface area contributed by atoms with Crippen molar-refractivity contribution < 1.29 is 4.52 Å². The Morgan fingerprint density at radius 3 is 2.42 bits per heavy atom. The van der Waals surface area contributed by atoms with Gasteiger partial charge >= 0.3 is 0 Å². The summed E-state index contributed by atoms with van der Waals surface area (Å²) in [7, 11) is 0. The second-order valence-electron chi connectivity index (χ2n) is 6.78. The molecule has 4 heteroatoms. The van der Waals surface area contributed by atoms with E-state index in [4.69, 9.17) is 4.52 Å². The van der Waals surface area contributed by atoms with Gasteiger partial charge in [-0.25, -0.2) is 0 Å². The van der Waals surface area contributed by atoms with Gasteiger partial charge in [-0.2, -0.15) is 4.98 Å². The molecule has 0 aliphatic rings. The summed E-state index contributed by atoms with van der Waals surface area (Å²) in [6, 6.07) is 0.361. The predicted octanol–water partition coefficient (Wildman–Crippen LogP) is 3.22. The summed E-state index contributed by atoms with van der Waals surface area (Å²) in [6.07, 6.45) is 2.82. The third kappa shape index (κ3) is 5.72. The molecule has 1 rings (SSSR count). The maximum Gasteiger partial charge on any atom is 0.228 e. The Morgan fingerprint density at radius 1 is 1.21 bits per heavy atom. The van der Waals surface area contributed by atoms with Crippen LogP contribution in [0.1, 0.15) is 59.7 Å². The van der Waals surface area contributed by atoms with Crippen LogP contribution in [0.15, 0.2) is 4.52 Å². The second-order valence-corrected chi connectivity index (χ2v) is 6.78. The molecular formula is C15H29N3O. The molecule has 1 aromatic rings. The van der Waals surface area contributed by atoms with E-state index >= 15 is 0 Å². The Hall–Kier alpha value is -0.900. The highest BCUT2D eigenvalue weighted by Crippen LogP contribution is 2.22. The fourth-order valence-corrected chi connectivity index (χ4v) is 2.00. The van der Waals surface area contributed by atoms with Gasteiger partial charge in [-0.3, -0.25) is 0 Å². The summed E-state index contributed by atoms with van der Waals surface area (Å²) < 4.78 is 5.37. The third-order valence-electron chi connectivity index (χ3n) is 3.17. The molecule has 0 aromatic carbocycles. The van der Waals surface area contributed by atoms with Crippen molar-refractivity contribution in [2.45, 2.75) is 66.8 Å².